The number of esters is 1. The van der Waals surface area contributed by atoms with Gasteiger partial charge in [0.1, 0.15) is 12.2 Å². The van der Waals surface area contributed by atoms with Gasteiger partial charge in [0.2, 0.25) is 0 Å². The van der Waals surface area contributed by atoms with E-state index >= 15 is 0 Å². The van der Waals surface area contributed by atoms with Crippen LogP contribution >= 0.6 is 39.0 Å². The Kier molecular flexibility index (Phi) is 6.16. The molecule has 2 aromatic heterocycles. The first-order chi connectivity index (χ1) is 10.5. The maximum absolute atomic E-state index is 12.0. The highest BCUT2D eigenvalue weighted by molar-refractivity contribution is 9.11. The summed E-state index contributed by atoms with van der Waals surface area (Å²) < 4.78 is 7.52. The molecule has 0 amide bonds. The number of thioether (sulfide) groups is 1. The van der Waals surface area contributed by atoms with Crippen LogP contribution in [0.2, 0.25) is 0 Å². The minimum Gasteiger partial charge on any atom is -0.466 e. The molecule has 0 aliphatic rings. The third-order valence-corrected chi connectivity index (χ3v) is 5.40. The van der Waals surface area contributed by atoms with Gasteiger partial charge in [-0.2, -0.15) is 0 Å². The van der Waals surface area contributed by atoms with Crippen molar-refractivity contribution in [1.29, 1.82) is 0 Å². The fourth-order valence-corrected chi connectivity index (χ4v) is 3.86. The summed E-state index contributed by atoms with van der Waals surface area (Å²) in [6.07, 6.45) is 0.0731. The predicted molar refractivity (Wildman–Crippen MR) is 88.4 cm³/mol. The topological polar surface area (TPSA) is 74.1 Å². The predicted octanol–water partition coefficient (Wildman–Crippen LogP) is 2.72. The number of halogens is 1. The Bertz CT molecular complexity index is 684. The van der Waals surface area contributed by atoms with E-state index in [2.05, 4.69) is 26.1 Å². The van der Waals surface area contributed by atoms with Crippen molar-refractivity contribution in [2.75, 3.05) is 12.4 Å². The number of carbonyl (C=O) groups is 2. The fourth-order valence-electron chi connectivity index (χ4n) is 1.63. The number of aromatic nitrogens is 3. The molecule has 0 saturated carbocycles. The number of rotatable bonds is 7. The zero-order valence-corrected chi connectivity index (χ0v) is 15.3. The summed E-state index contributed by atoms with van der Waals surface area (Å²) in [5.41, 5.74) is 0. The maximum Gasteiger partial charge on any atom is 0.313 e. The smallest absolute Gasteiger partial charge is 0.313 e. The van der Waals surface area contributed by atoms with Gasteiger partial charge in [-0.05, 0) is 35.0 Å². The molecule has 0 unspecified atom stereocenters. The first kappa shape index (κ1) is 17.2. The van der Waals surface area contributed by atoms with E-state index in [4.69, 9.17) is 4.74 Å². The summed E-state index contributed by atoms with van der Waals surface area (Å²) >= 11 is 6.04. The molecule has 2 rings (SSSR count). The Morgan fingerprint density at radius 3 is 2.82 bits per heavy atom. The second-order valence-electron chi connectivity index (χ2n) is 4.26. The zero-order chi connectivity index (χ0) is 16.1. The van der Waals surface area contributed by atoms with Crippen molar-refractivity contribution in [3.8, 4) is 0 Å². The van der Waals surface area contributed by atoms with Gasteiger partial charge in [-0.15, -0.1) is 21.5 Å². The van der Waals surface area contributed by atoms with Crippen LogP contribution in [0.15, 0.2) is 21.1 Å². The largest absolute Gasteiger partial charge is 0.466 e. The molecule has 0 aliphatic heterocycles. The van der Waals surface area contributed by atoms with Gasteiger partial charge < -0.3 is 9.30 Å². The second kappa shape index (κ2) is 7.89. The highest BCUT2D eigenvalue weighted by Gasteiger charge is 2.16. The molecule has 0 aliphatic carbocycles. The summed E-state index contributed by atoms with van der Waals surface area (Å²) in [4.78, 5) is 24.2. The average Bonchev–Trinajstić information content (AvgIpc) is 3.05. The lowest BCUT2D eigenvalue weighted by Gasteiger charge is -2.03. The average molecular weight is 404 g/mol. The normalized spacial score (nSPS) is 10.7. The van der Waals surface area contributed by atoms with Gasteiger partial charge in [0.15, 0.2) is 10.9 Å². The van der Waals surface area contributed by atoms with Crippen molar-refractivity contribution >= 4 is 50.8 Å². The van der Waals surface area contributed by atoms with Crippen LogP contribution in [-0.2, 0) is 23.0 Å². The van der Waals surface area contributed by atoms with Crippen molar-refractivity contribution in [2.45, 2.75) is 18.5 Å². The summed E-state index contributed by atoms with van der Waals surface area (Å²) in [5, 5.41) is 8.58. The van der Waals surface area contributed by atoms with Gasteiger partial charge >= 0.3 is 5.97 Å². The van der Waals surface area contributed by atoms with E-state index in [1.807, 2.05) is 6.07 Å². The Hall–Kier alpha value is -1.19. The Morgan fingerprint density at radius 1 is 1.41 bits per heavy atom. The van der Waals surface area contributed by atoms with Crippen LogP contribution < -0.4 is 0 Å². The highest BCUT2D eigenvalue weighted by Crippen LogP contribution is 2.25. The number of hydrogen-bond acceptors (Lipinski definition) is 7. The number of hydrogen-bond donors (Lipinski definition) is 0. The van der Waals surface area contributed by atoms with Crippen molar-refractivity contribution in [3.05, 3.63) is 26.6 Å². The first-order valence-corrected chi connectivity index (χ1v) is 9.06. The molecule has 0 radical (unpaired) electrons. The van der Waals surface area contributed by atoms with Crippen molar-refractivity contribution in [1.82, 2.24) is 14.8 Å². The monoisotopic (exact) mass is 403 g/mol. The second-order valence-corrected chi connectivity index (χ2v) is 7.66. The van der Waals surface area contributed by atoms with Crippen LogP contribution in [0.25, 0.3) is 0 Å². The molecule has 118 valence electrons. The Labute approximate surface area is 144 Å². The molecule has 0 N–H and O–H groups in total. The Balaban J connectivity index is 1.95. The number of ether oxygens (including phenoxy) is 1. The zero-order valence-electron chi connectivity index (χ0n) is 12.0. The van der Waals surface area contributed by atoms with Crippen LogP contribution in [-0.4, -0.2) is 38.9 Å². The molecule has 0 spiro atoms. The lowest BCUT2D eigenvalue weighted by molar-refractivity contribution is -0.142. The maximum atomic E-state index is 12.0. The van der Waals surface area contributed by atoms with Crippen molar-refractivity contribution in [2.24, 2.45) is 7.05 Å². The van der Waals surface area contributed by atoms with Gasteiger partial charge in [0.25, 0.3) is 0 Å². The molecular weight excluding hydrogens is 390 g/mol. The fraction of sp³-hybridized carbons (Fsp3) is 0.385. The molecule has 0 aromatic carbocycles. The number of carbonyl (C=O) groups excluding carboxylic acids is 2. The van der Waals surface area contributed by atoms with Crippen molar-refractivity contribution < 1.29 is 14.3 Å². The summed E-state index contributed by atoms with van der Waals surface area (Å²) in [7, 11) is 1.77. The SMILES string of the molecule is CCOC(=O)Cc1nnc(SCC(=O)c2ccc(Br)s2)n1C. The molecule has 0 fully saturated rings. The third-order valence-electron chi connectivity index (χ3n) is 2.71. The molecule has 0 atom stereocenters. The third kappa shape index (κ3) is 4.40. The van der Waals surface area contributed by atoms with E-state index < -0.39 is 0 Å². The highest BCUT2D eigenvalue weighted by atomic mass is 79.9. The van der Waals surface area contributed by atoms with E-state index in [1.165, 1.54) is 23.1 Å². The van der Waals surface area contributed by atoms with Crippen LogP contribution in [0, 0.1) is 0 Å². The summed E-state index contributed by atoms with van der Waals surface area (Å²) in [5.74, 6) is 0.496. The quantitative estimate of drug-likeness (QED) is 0.401. The minimum atomic E-state index is -0.339. The van der Waals surface area contributed by atoms with Crippen LogP contribution in [0.1, 0.15) is 22.4 Å². The molecule has 0 saturated heterocycles. The standard InChI is InChI=1S/C13H14BrN3O3S2/c1-3-20-12(19)6-11-15-16-13(17(11)2)21-7-8(18)9-4-5-10(14)22-9/h4-5H,3,6-7H2,1-2H3. The minimum absolute atomic E-state index is 0.0376. The number of Topliss-reactive ketones (excluding diaryl/α,β-unsaturated/α-hetero) is 1. The number of thiophene rings is 1. The van der Waals surface area contributed by atoms with E-state index in [0.717, 1.165) is 3.79 Å². The van der Waals surface area contributed by atoms with Gasteiger partial charge in [-0.1, -0.05) is 11.8 Å². The van der Waals surface area contributed by atoms with Crippen molar-refractivity contribution in [3.63, 3.8) is 0 Å². The lowest BCUT2D eigenvalue weighted by atomic mass is 10.4. The summed E-state index contributed by atoms with van der Waals surface area (Å²) in [6, 6.07) is 3.64. The lowest BCUT2D eigenvalue weighted by Crippen LogP contribution is -2.11. The van der Waals surface area contributed by atoms with E-state index in [0.29, 0.717) is 22.5 Å². The first-order valence-electron chi connectivity index (χ1n) is 6.46. The molecule has 9 heteroatoms. The van der Waals surface area contributed by atoms with Crippen LogP contribution in [0.5, 0.6) is 0 Å². The summed E-state index contributed by atoms with van der Waals surface area (Å²) in [6.45, 7) is 2.09. The van der Waals surface area contributed by atoms with Gasteiger partial charge in [0.05, 0.1) is 21.0 Å². The van der Waals surface area contributed by atoms with Crippen LogP contribution in [0.3, 0.4) is 0 Å². The molecule has 2 aromatic rings. The van der Waals surface area contributed by atoms with E-state index in [1.54, 1.807) is 24.6 Å². The Morgan fingerprint density at radius 2 is 2.18 bits per heavy atom. The van der Waals surface area contributed by atoms with Gasteiger partial charge in [0, 0.05) is 7.05 Å². The number of ketones is 1. The van der Waals surface area contributed by atoms with Gasteiger partial charge in [-0.25, -0.2) is 0 Å². The molecule has 6 nitrogen and oxygen atoms in total. The van der Waals surface area contributed by atoms with Crippen LogP contribution in [0.4, 0.5) is 0 Å². The number of nitrogens with zero attached hydrogens (tertiary/aromatic N) is 3. The van der Waals surface area contributed by atoms with E-state index in [-0.39, 0.29) is 23.9 Å². The van der Waals surface area contributed by atoms with E-state index in [9.17, 15) is 9.59 Å². The molecular formula is C13H14BrN3O3S2. The molecule has 0 bridgehead atoms. The molecule has 22 heavy (non-hydrogen) atoms. The van der Waals surface area contributed by atoms with Gasteiger partial charge in [-0.3, -0.25) is 9.59 Å². The molecule has 2 heterocycles.